The third kappa shape index (κ3) is 3.02. The van der Waals surface area contributed by atoms with E-state index in [9.17, 15) is 0 Å². The zero-order chi connectivity index (χ0) is 18.9. The first kappa shape index (κ1) is 17.7. The van der Waals surface area contributed by atoms with E-state index in [1.165, 1.54) is 6.20 Å². The van der Waals surface area contributed by atoms with Crippen LogP contribution in [0.25, 0.3) is 5.57 Å². The van der Waals surface area contributed by atoms with Gasteiger partial charge in [0.2, 0.25) is 0 Å². The Morgan fingerprint density at radius 1 is 1.48 bits per heavy atom. The van der Waals surface area contributed by atoms with Crippen molar-refractivity contribution >= 4 is 23.7 Å². The number of pyridine rings is 1. The lowest BCUT2D eigenvalue weighted by Crippen LogP contribution is -2.43. The predicted molar refractivity (Wildman–Crippen MR) is 109 cm³/mol. The van der Waals surface area contributed by atoms with E-state index < -0.39 is 0 Å². The second-order valence-corrected chi connectivity index (χ2v) is 7.29. The Bertz CT molecular complexity index is 837. The number of piperidine rings is 1. The first-order valence-electron chi connectivity index (χ1n) is 9.39. The molecule has 0 amide bonds. The highest BCUT2D eigenvalue weighted by molar-refractivity contribution is 6.09. The van der Waals surface area contributed by atoms with Crippen LogP contribution in [0, 0.1) is 0 Å². The first-order chi connectivity index (χ1) is 13.2. The number of nitrogens with one attached hydrogen (secondary N) is 2. The quantitative estimate of drug-likeness (QED) is 0.707. The van der Waals surface area contributed by atoms with Crippen LogP contribution in [-0.2, 0) is 10.2 Å². The smallest absolute Gasteiger partial charge is 0.135 e. The number of ether oxygens (including phenoxy) is 1. The molecule has 0 bridgehead atoms. The topological polar surface area (TPSA) is 96.9 Å². The maximum absolute atomic E-state index is 6.46. The van der Waals surface area contributed by atoms with Gasteiger partial charge in [-0.2, -0.15) is 0 Å². The Balaban J connectivity index is 1.71. The fraction of sp³-hybridized carbons (Fsp3) is 0.450. The standard InChI is InChI=1S/C20H26N6O/c1-20-15-8-16(13(9-21)10-22-2)25-12-17(15)26-19(20)24-7-5-18(20)27-14-4-3-6-23-11-14/h5,7-10,12,14,19,23,26H,3-4,6,11,21H2,1-2H3/t14-,19?,20?/m1/s1. The van der Waals surface area contributed by atoms with Crippen molar-refractivity contribution in [1.29, 1.82) is 0 Å². The van der Waals surface area contributed by atoms with Gasteiger partial charge in [-0.15, -0.1) is 0 Å². The highest BCUT2D eigenvalue weighted by Gasteiger charge is 2.49. The highest BCUT2D eigenvalue weighted by Crippen LogP contribution is 2.48. The van der Waals surface area contributed by atoms with Crippen molar-refractivity contribution in [3.05, 3.63) is 41.6 Å². The van der Waals surface area contributed by atoms with Gasteiger partial charge in [-0.25, -0.2) is 0 Å². The molecule has 1 aromatic rings. The number of rotatable bonds is 4. The van der Waals surface area contributed by atoms with Crippen molar-refractivity contribution in [1.82, 2.24) is 10.3 Å². The molecule has 0 aliphatic carbocycles. The van der Waals surface area contributed by atoms with Crippen LogP contribution < -0.4 is 16.4 Å². The molecule has 4 rings (SSSR count). The van der Waals surface area contributed by atoms with Crippen LogP contribution >= 0.6 is 0 Å². The number of hydrogen-bond acceptors (Lipinski definition) is 7. The number of aromatic nitrogens is 1. The Labute approximate surface area is 159 Å². The predicted octanol–water partition coefficient (Wildman–Crippen LogP) is 1.83. The lowest BCUT2D eigenvalue weighted by molar-refractivity contribution is 0.0652. The van der Waals surface area contributed by atoms with Crippen LogP contribution in [0.3, 0.4) is 0 Å². The van der Waals surface area contributed by atoms with E-state index >= 15 is 0 Å². The van der Waals surface area contributed by atoms with Gasteiger partial charge in [0, 0.05) is 37.8 Å². The summed E-state index contributed by atoms with van der Waals surface area (Å²) in [5.41, 5.74) is 9.06. The third-order valence-electron chi connectivity index (χ3n) is 5.56. The molecule has 7 heteroatoms. The fourth-order valence-corrected chi connectivity index (χ4v) is 4.02. The molecule has 4 N–H and O–H groups in total. The average Bonchev–Trinajstić information content (AvgIpc) is 3.00. The Hall–Kier alpha value is -2.67. The number of fused-ring (bicyclic) bond motifs is 3. The summed E-state index contributed by atoms with van der Waals surface area (Å²) in [7, 11) is 1.72. The molecule has 3 aliphatic rings. The molecule has 1 aromatic heterocycles. The summed E-state index contributed by atoms with van der Waals surface area (Å²) in [6, 6.07) is 2.07. The molecule has 7 nitrogen and oxygen atoms in total. The van der Waals surface area contributed by atoms with Gasteiger partial charge < -0.3 is 21.1 Å². The molecule has 0 aromatic carbocycles. The lowest BCUT2D eigenvalue weighted by Gasteiger charge is -2.37. The number of anilines is 1. The minimum atomic E-state index is -0.387. The second-order valence-electron chi connectivity index (χ2n) is 7.29. The van der Waals surface area contributed by atoms with Crippen LogP contribution in [0.2, 0.25) is 0 Å². The van der Waals surface area contributed by atoms with Gasteiger partial charge >= 0.3 is 0 Å². The number of nitrogens with zero attached hydrogens (tertiary/aromatic N) is 3. The van der Waals surface area contributed by atoms with Crippen molar-refractivity contribution in [3.8, 4) is 0 Å². The second kappa shape index (κ2) is 7.15. The molecule has 4 heterocycles. The zero-order valence-corrected chi connectivity index (χ0v) is 15.8. The molecule has 1 fully saturated rings. The molecule has 0 saturated carbocycles. The molecule has 1 saturated heterocycles. The summed E-state index contributed by atoms with van der Waals surface area (Å²) in [5.74, 6) is 0.946. The maximum atomic E-state index is 6.46. The Kier molecular flexibility index (Phi) is 4.70. The molecule has 0 spiro atoms. The largest absolute Gasteiger partial charge is 0.492 e. The zero-order valence-electron chi connectivity index (χ0n) is 15.8. The van der Waals surface area contributed by atoms with Crippen LogP contribution in [0.1, 0.15) is 31.0 Å². The van der Waals surface area contributed by atoms with Crippen LogP contribution in [-0.4, -0.2) is 49.8 Å². The molecule has 3 atom stereocenters. The van der Waals surface area contributed by atoms with Gasteiger partial charge in [0.15, 0.2) is 0 Å². The molecule has 2 unspecified atom stereocenters. The van der Waals surface area contributed by atoms with Crippen molar-refractivity contribution in [2.45, 2.75) is 37.5 Å². The number of nitrogens with two attached hydrogens (primary N) is 1. The van der Waals surface area contributed by atoms with Gasteiger partial charge in [0.05, 0.1) is 23.0 Å². The van der Waals surface area contributed by atoms with E-state index in [4.69, 9.17) is 10.5 Å². The summed E-state index contributed by atoms with van der Waals surface area (Å²) in [5, 5.41) is 6.89. The monoisotopic (exact) mass is 366 g/mol. The van der Waals surface area contributed by atoms with E-state index in [0.717, 1.165) is 54.2 Å². The van der Waals surface area contributed by atoms with Crippen LogP contribution in [0.4, 0.5) is 5.69 Å². The molecular weight excluding hydrogens is 340 g/mol. The van der Waals surface area contributed by atoms with E-state index in [0.29, 0.717) is 0 Å². The summed E-state index contributed by atoms with van der Waals surface area (Å²) < 4.78 is 6.46. The maximum Gasteiger partial charge on any atom is 0.135 e. The van der Waals surface area contributed by atoms with Gasteiger partial charge in [0.1, 0.15) is 18.0 Å². The van der Waals surface area contributed by atoms with Crippen molar-refractivity contribution in [2.24, 2.45) is 15.7 Å². The Morgan fingerprint density at radius 3 is 3.11 bits per heavy atom. The van der Waals surface area contributed by atoms with Crippen LogP contribution in [0.15, 0.2) is 40.3 Å². The van der Waals surface area contributed by atoms with E-state index in [1.54, 1.807) is 13.3 Å². The average molecular weight is 366 g/mol. The van der Waals surface area contributed by atoms with Gasteiger partial charge in [0.25, 0.3) is 0 Å². The molecule has 0 radical (unpaired) electrons. The van der Waals surface area contributed by atoms with Crippen molar-refractivity contribution in [2.75, 3.05) is 25.5 Å². The molecule has 142 valence electrons. The van der Waals surface area contributed by atoms with Crippen molar-refractivity contribution in [3.63, 3.8) is 0 Å². The first-order valence-corrected chi connectivity index (χ1v) is 9.39. The van der Waals surface area contributed by atoms with Crippen molar-refractivity contribution < 1.29 is 4.74 Å². The lowest BCUT2D eigenvalue weighted by atomic mass is 9.78. The van der Waals surface area contributed by atoms with Crippen LogP contribution in [0.5, 0.6) is 0 Å². The Morgan fingerprint density at radius 2 is 2.37 bits per heavy atom. The summed E-state index contributed by atoms with van der Waals surface area (Å²) >= 11 is 0. The summed E-state index contributed by atoms with van der Waals surface area (Å²) in [6.07, 6.45) is 11.2. The molecule has 3 aliphatic heterocycles. The fourth-order valence-electron chi connectivity index (χ4n) is 4.02. The van der Waals surface area contributed by atoms with Gasteiger partial charge in [-0.1, -0.05) is 0 Å². The van der Waals surface area contributed by atoms with E-state index in [2.05, 4.69) is 38.6 Å². The van der Waals surface area contributed by atoms with E-state index in [1.807, 2.05) is 18.5 Å². The number of aliphatic imine (C=N–C) groups is 2. The molecular formula is C20H26N6O. The van der Waals surface area contributed by atoms with Gasteiger partial charge in [-0.3, -0.25) is 15.0 Å². The third-order valence-corrected chi connectivity index (χ3v) is 5.56. The SMILES string of the molecule is CN=CC(=CN)c1cc2c(cn1)NC1N=CC=C(O[C@@H]3CCCNC3)C21C. The summed E-state index contributed by atoms with van der Waals surface area (Å²) in [6.45, 7) is 4.12. The molecule has 27 heavy (non-hydrogen) atoms. The minimum Gasteiger partial charge on any atom is -0.492 e. The number of allylic oxidation sites excluding steroid dienone is 2. The normalized spacial score (nSPS) is 29.9. The number of dihydropyridines is 1. The summed E-state index contributed by atoms with van der Waals surface area (Å²) in [4.78, 5) is 13.3. The van der Waals surface area contributed by atoms with E-state index in [-0.39, 0.29) is 17.7 Å². The number of hydrogen-bond donors (Lipinski definition) is 3. The highest BCUT2D eigenvalue weighted by atomic mass is 16.5. The van der Waals surface area contributed by atoms with Gasteiger partial charge in [-0.05, 0) is 44.0 Å². The minimum absolute atomic E-state index is 0.105.